The molecule has 1 fully saturated rings. The second kappa shape index (κ2) is 7.92. The molecule has 0 bridgehead atoms. The largest absolute Gasteiger partial charge is 0.495 e. The Bertz CT molecular complexity index is 856. The fourth-order valence-corrected chi connectivity index (χ4v) is 4.65. The van der Waals surface area contributed by atoms with E-state index in [1.807, 2.05) is 0 Å². The van der Waals surface area contributed by atoms with E-state index in [0.29, 0.717) is 18.8 Å². The van der Waals surface area contributed by atoms with Gasteiger partial charge >= 0.3 is 0 Å². The maximum Gasteiger partial charge on any atom is 0.251 e. The fourth-order valence-electron chi connectivity index (χ4n) is 2.95. The second-order valence-corrected chi connectivity index (χ2v) is 8.00. The van der Waals surface area contributed by atoms with Crippen molar-refractivity contribution in [3.63, 3.8) is 0 Å². The Hall–Kier alpha value is -2.32. The van der Waals surface area contributed by atoms with Crippen LogP contribution in [0.15, 0.2) is 45.9 Å². The number of furan rings is 1. The summed E-state index contributed by atoms with van der Waals surface area (Å²) in [5.74, 6) is 0.477. The van der Waals surface area contributed by atoms with Crippen LogP contribution in [0.5, 0.6) is 5.75 Å². The smallest absolute Gasteiger partial charge is 0.251 e. The first-order valence-electron chi connectivity index (χ1n) is 8.51. The molecule has 1 aliphatic heterocycles. The van der Waals surface area contributed by atoms with Gasteiger partial charge < -0.3 is 14.5 Å². The van der Waals surface area contributed by atoms with Gasteiger partial charge in [-0.15, -0.1) is 0 Å². The summed E-state index contributed by atoms with van der Waals surface area (Å²) in [4.78, 5) is 12.4. The molecule has 1 aliphatic rings. The van der Waals surface area contributed by atoms with Crippen LogP contribution in [0.3, 0.4) is 0 Å². The van der Waals surface area contributed by atoms with Crippen LogP contribution in [0.25, 0.3) is 0 Å². The quantitative estimate of drug-likeness (QED) is 0.834. The van der Waals surface area contributed by atoms with Crippen molar-refractivity contribution in [3.8, 4) is 5.75 Å². The van der Waals surface area contributed by atoms with Crippen molar-refractivity contribution >= 4 is 15.9 Å². The van der Waals surface area contributed by atoms with Gasteiger partial charge in [0, 0.05) is 18.7 Å². The number of ether oxygens (including phenoxy) is 1. The molecule has 0 atom stereocenters. The normalized spacial score (nSPS) is 15.6. The molecule has 0 radical (unpaired) electrons. The Morgan fingerprint density at radius 3 is 2.65 bits per heavy atom. The van der Waals surface area contributed by atoms with Crippen LogP contribution in [-0.2, 0) is 16.6 Å². The maximum absolute atomic E-state index is 13.0. The van der Waals surface area contributed by atoms with Gasteiger partial charge in [-0.1, -0.05) is 6.42 Å². The molecule has 26 heavy (non-hydrogen) atoms. The third kappa shape index (κ3) is 3.91. The highest BCUT2D eigenvalue weighted by atomic mass is 32.2. The number of carbonyl (C=O) groups is 1. The molecule has 1 aromatic heterocycles. The molecule has 0 unspecified atom stereocenters. The Labute approximate surface area is 153 Å². The van der Waals surface area contributed by atoms with Crippen molar-refractivity contribution in [2.75, 3.05) is 20.2 Å². The Morgan fingerprint density at radius 1 is 1.23 bits per heavy atom. The summed E-state index contributed by atoms with van der Waals surface area (Å²) in [6.45, 7) is 1.20. The first kappa shape index (κ1) is 18.5. The van der Waals surface area contributed by atoms with Gasteiger partial charge in [0.05, 0.1) is 19.9 Å². The minimum absolute atomic E-state index is 0.0209. The standard InChI is InChI=1S/C18H22N2O5S/c1-24-16-8-7-14(18(21)19-13-15-6-5-11-25-15)12-17(16)26(22,23)20-9-3-2-4-10-20/h5-8,11-12H,2-4,9-10,13H2,1H3,(H,19,21). The summed E-state index contributed by atoms with van der Waals surface area (Å²) in [5, 5.41) is 2.72. The number of sulfonamides is 1. The van der Waals surface area contributed by atoms with Crippen LogP contribution >= 0.6 is 0 Å². The zero-order valence-electron chi connectivity index (χ0n) is 14.6. The monoisotopic (exact) mass is 378 g/mol. The van der Waals surface area contributed by atoms with Crippen LogP contribution in [0.1, 0.15) is 35.4 Å². The molecule has 7 nitrogen and oxygen atoms in total. The van der Waals surface area contributed by atoms with Gasteiger partial charge in [-0.25, -0.2) is 8.42 Å². The van der Waals surface area contributed by atoms with E-state index in [-0.39, 0.29) is 28.7 Å². The lowest BCUT2D eigenvalue weighted by atomic mass is 10.2. The van der Waals surface area contributed by atoms with Crippen molar-refractivity contribution in [1.82, 2.24) is 9.62 Å². The number of hydrogen-bond donors (Lipinski definition) is 1. The topological polar surface area (TPSA) is 88.8 Å². The zero-order chi connectivity index (χ0) is 18.6. The lowest BCUT2D eigenvalue weighted by Crippen LogP contribution is -2.36. The summed E-state index contributed by atoms with van der Waals surface area (Å²) >= 11 is 0. The molecule has 1 amide bonds. The molecule has 140 valence electrons. The lowest BCUT2D eigenvalue weighted by Gasteiger charge is -2.26. The number of hydrogen-bond acceptors (Lipinski definition) is 5. The van der Waals surface area contributed by atoms with Gasteiger partial charge in [0.25, 0.3) is 5.91 Å². The molecule has 1 N–H and O–H groups in total. The van der Waals surface area contributed by atoms with Gasteiger partial charge in [-0.3, -0.25) is 4.79 Å². The molecule has 1 aromatic carbocycles. The third-order valence-corrected chi connectivity index (χ3v) is 6.28. The molecule has 0 aliphatic carbocycles. The van der Waals surface area contributed by atoms with Crippen molar-refractivity contribution in [1.29, 1.82) is 0 Å². The summed E-state index contributed by atoms with van der Waals surface area (Å²) in [5.41, 5.74) is 0.257. The van der Waals surface area contributed by atoms with Crippen LogP contribution in [0, 0.1) is 0 Å². The number of amides is 1. The zero-order valence-corrected chi connectivity index (χ0v) is 15.4. The summed E-state index contributed by atoms with van der Waals surface area (Å²) < 4.78 is 37.8. The van der Waals surface area contributed by atoms with Crippen molar-refractivity contribution in [2.45, 2.75) is 30.7 Å². The number of methoxy groups -OCH3 is 1. The molecule has 3 rings (SSSR count). The average molecular weight is 378 g/mol. The Morgan fingerprint density at radius 2 is 2.00 bits per heavy atom. The van der Waals surface area contributed by atoms with Crippen molar-refractivity contribution in [3.05, 3.63) is 47.9 Å². The molecule has 0 spiro atoms. The molecule has 0 saturated carbocycles. The first-order chi connectivity index (χ1) is 12.5. The van der Waals surface area contributed by atoms with Gasteiger partial charge in [-0.05, 0) is 43.2 Å². The summed E-state index contributed by atoms with van der Waals surface area (Å²) in [6.07, 6.45) is 4.23. The number of rotatable bonds is 6. The minimum atomic E-state index is -3.71. The molecule has 2 heterocycles. The average Bonchev–Trinajstić information content (AvgIpc) is 3.20. The van der Waals surface area contributed by atoms with E-state index in [1.54, 1.807) is 18.2 Å². The van der Waals surface area contributed by atoms with E-state index in [2.05, 4.69) is 5.32 Å². The van der Waals surface area contributed by atoms with Crippen molar-refractivity contribution in [2.24, 2.45) is 0 Å². The summed E-state index contributed by atoms with van der Waals surface area (Å²) in [6, 6.07) is 7.92. The van der Waals surface area contributed by atoms with E-state index in [1.165, 1.54) is 29.8 Å². The molecular formula is C18H22N2O5S. The predicted molar refractivity (Wildman–Crippen MR) is 95.5 cm³/mol. The molecule has 1 saturated heterocycles. The molecule has 8 heteroatoms. The summed E-state index contributed by atoms with van der Waals surface area (Å²) in [7, 11) is -2.29. The van der Waals surface area contributed by atoms with Crippen LogP contribution in [-0.4, -0.2) is 38.8 Å². The molecular weight excluding hydrogens is 356 g/mol. The van der Waals surface area contributed by atoms with E-state index in [4.69, 9.17) is 9.15 Å². The maximum atomic E-state index is 13.0. The van der Waals surface area contributed by atoms with Gasteiger partial charge in [0.2, 0.25) is 10.0 Å². The molecule has 2 aromatic rings. The van der Waals surface area contributed by atoms with E-state index in [0.717, 1.165) is 19.3 Å². The van der Waals surface area contributed by atoms with Crippen molar-refractivity contribution < 1.29 is 22.4 Å². The Balaban J connectivity index is 1.84. The third-order valence-electron chi connectivity index (χ3n) is 4.36. The van der Waals surface area contributed by atoms with Crippen LogP contribution < -0.4 is 10.1 Å². The van der Waals surface area contributed by atoms with E-state index >= 15 is 0 Å². The number of benzene rings is 1. The highest BCUT2D eigenvalue weighted by Gasteiger charge is 2.29. The highest BCUT2D eigenvalue weighted by Crippen LogP contribution is 2.29. The van der Waals surface area contributed by atoms with Gasteiger partial charge in [0.15, 0.2) is 0 Å². The first-order valence-corrected chi connectivity index (χ1v) is 9.95. The number of piperidine rings is 1. The minimum Gasteiger partial charge on any atom is -0.495 e. The van der Waals surface area contributed by atoms with Crippen LogP contribution in [0.2, 0.25) is 0 Å². The van der Waals surface area contributed by atoms with Gasteiger partial charge in [0.1, 0.15) is 16.4 Å². The van der Waals surface area contributed by atoms with Crippen LogP contribution in [0.4, 0.5) is 0 Å². The second-order valence-electron chi connectivity index (χ2n) is 6.09. The number of carbonyl (C=O) groups excluding carboxylic acids is 1. The lowest BCUT2D eigenvalue weighted by molar-refractivity contribution is 0.0947. The highest BCUT2D eigenvalue weighted by molar-refractivity contribution is 7.89. The number of nitrogens with zero attached hydrogens (tertiary/aromatic N) is 1. The number of nitrogens with one attached hydrogen (secondary N) is 1. The van der Waals surface area contributed by atoms with E-state index in [9.17, 15) is 13.2 Å². The van der Waals surface area contributed by atoms with Gasteiger partial charge in [-0.2, -0.15) is 4.31 Å². The predicted octanol–water partition coefficient (Wildman–Crippen LogP) is 2.39. The Kier molecular flexibility index (Phi) is 5.63. The fraction of sp³-hybridized carbons (Fsp3) is 0.389. The van der Waals surface area contributed by atoms with E-state index < -0.39 is 10.0 Å². The SMILES string of the molecule is COc1ccc(C(=O)NCc2ccco2)cc1S(=O)(=O)N1CCCCC1.